The van der Waals surface area contributed by atoms with Gasteiger partial charge in [-0.3, -0.25) is 4.79 Å². The first-order valence-corrected chi connectivity index (χ1v) is 11.8. The lowest BCUT2D eigenvalue weighted by molar-refractivity contribution is -0.135. The highest BCUT2D eigenvalue weighted by molar-refractivity contribution is 7.89. The summed E-state index contributed by atoms with van der Waals surface area (Å²) in [6.45, 7) is 4.01. The lowest BCUT2D eigenvalue weighted by Crippen LogP contribution is -2.49. The molecule has 1 aliphatic rings. The topological polar surface area (TPSA) is 63.7 Å². The Bertz CT molecular complexity index is 1010. The minimum absolute atomic E-state index is 0.0689. The van der Waals surface area contributed by atoms with Crippen molar-refractivity contribution in [3.8, 4) is 0 Å². The molecule has 2 aromatic rings. The average Bonchev–Trinajstić information content (AvgIpc) is 3.05. The number of methoxy groups -OCH3 is 1. The van der Waals surface area contributed by atoms with E-state index in [1.807, 2.05) is 25.1 Å². The molecule has 0 radical (unpaired) electrons. The highest BCUT2D eigenvalue weighted by atomic mass is 32.2. The zero-order valence-corrected chi connectivity index (χ0v) is 18.6. The summed E-state index contributed by atoms with van der Waals surface area (Å²) in [5.41, 5.74) is 0.521. The molecule has 1 atom stereocenters. The molecule has 6 heteroatoms. The van der Waals surface area contributed by atoms with E-state index in [2.05, 4.69) is 6.92 Å². The second-order valence-electron chi connectivity index (χ2n) is 7.63. The highest BCUT2D eigenvalue weighted by Crippen LogP contribution is 2.43. The molecule has 0 fully saturated rings. The first-order valence-electron chi connectivity index (χ1n) is 10.4. The van der Waals surface area contributed by atoms with Gasteiger partial charge in [0.25, 0.3) is 15.9 Å². The van der Waals surface area contributed by atoms with Gasteiger partial charge in [-0.1, -0.05) is 74.2 Å². The number of hydrogen-bond donors (Lipinski definition) is 0. The van der Waals surface area contributed by atoms with E-state index in [4.69, 9.17) is 4.74 Å². The third-order valence-electron chi connectivity index (χ3n) is 5.49. The summed E-state index contributed by atoms with van der Waals surface area (Å²) in [5, 5.41) is 0. The number of carbonyl (C=O) groups excluding carboxylic acids is 1. The van der Waals surface area contributed by atoms with Gasteiger partial charge >= 0.3 is 0 Å². The molecule has 0 N–H and O–H groups in total. The molecule has 30 heavy (non-hydrogen) atoms. The number of amides is 1. The number of hydrogen-bond acceptors (Lipinski definition) is 4. The van der Waals surface area contributed by atoms with Crippen molar-refractivity contribution in [1.29, 1.82) is 0 Å². The number of nitrogens with zero attached hydrogens (tertiary/aromatic N) is 1. The SMILES string of the molecule is CCCCCCC1=CC(OC)(c2ccccc2)N(S(=O)(=O)c2ccc(C)cc2)C1=O. The lowest BCUT2D eigenvalue weighted by Gasteiger charge is -2.35. The molecule has 5 nitrogen and oxygen atoms in total. The fourth-order valence-corrected chi connectivity index (χ4v) is 5.42. The van der Waals surface area contributed by atoms with Crippen LogP contribution in [0.1, 0.15) is 50.2 Å². The van der Waals surface area contributed by atoms with Crippen LogP contribution in [0.4, 0.5) is 0 Å². The summed E-state index contributed by atoms with van der Waals surface area (Å²) in [4.78, 5) is 13.5. The predicted octanol–water partition coefficient (Wildman–Crippen LogP) is 4.92. The van der Waals surface area contributed by atoms with Gasteiger partial charge < -0.3 is 4.74 Å². The van der Waals surface area contributed by atoms with Crippen molar-refractivity contribution in [1.82, 2.24) is 4.31 Å². The molecule has 2 aromatic carbocycles. The van der Waals surface area contributed by atoms with Crippen molar-refractivity contribution in [3.05, 3.63) is 77.4 Å². The van der Waals surface area contributed by atoms with Gasteiger partial charge in [-0.05, 0) is 38.0 Å². The summed E-state index contributed by atoms with van der Waals surface area (Å²) >= 11 is 0. The van der Waals surface area contributed by atoms with Gasteiger partial charge in [0.05, 0.1) is 4.90 Å². The maximum absolute atomic E-state index is 13.6. The zero-order valence-electron chi connectivity index (χ0n) is 17.8. The number of carbonyl (C=O) groups is 1. The second-order valence-corrected chi connectivity index (χ2v) is 9.42. The van der Waals surface area contributed by atoms with Crippen molar-refractivity contribution < 1.29 is 17.9 Å². The van der Waals surface area contributed by atoms with E-state index in [-0.39, 0.29) is 4.90 Å². The van der Waals surface area contributed by atoms with Crippen LogP contribution in [0.2, 0.25) is 0 Å². The standard InChI is InChI=1S/C24H29NO4S/c1-4-5-6-8-11-20-18-24(29-3,21-12-9-7-10-13-21)25(23(20)26)30(27,28)22-16-14-19(2)15-17-22/h7,9-10,12-18H,4-6,8,11H2,1-3H3. The van der Waals surface area contributed by atoms with E-state index in [1.165, 1.54) is 19.2 Å². The van der Waals surface area contributed by atoms with Gasteiger partial charge in [0.1, 0.15) is 0 Å². The largest absolute Gasteiger partial charge is 0.350 e. The summed E-state index contributed by atoms with van der Waals surface area (Å²) in [7, 11) is -2.70. The predicted molar refractivity (Wildman–Crippen MR) is 117 cm³/mol. The van der Waals surface area contributed by atoms with Crippen molar-refractivity contribution in [2.75, 3.05) is 7.11 Å². The Labute approximate surface area is 179 Å². The molecule has 1 aliphatic heterocycles. The number of aryl methyl sites for hydroxylation is 1. The molecular weight excluding hydrogens is 398 g/mol. The summed E-state index contributed by atoms with van der Waals surface area (Å²) in [5.74, 6) is -0.516. The van der Waals surface area contributed by atoms with Gasteiger partial charge in [0, 0.05) is 18.2 Å². The molecule has 0 spiro atoms. The van der Waals surface area contributed by atoms with Crippen LogP contribution in [0.25, 0.3) is 0 Å². The maximum Gasteiger partial charge on any atom is 0.269 e. The Balaban J connectivity index is 2.09. The Morgan fingerprint density at radius 2 is 1.63 bits per heavy atom. The molecule has 1 amide bonds. The fraction of sp³-hybridized carbons (Fsp3) is 0.375. The third-order valence-corrected chi connectivity index (χ3v) is 7.27. The Kier molecular flexibility index (Phi) is 6.78. The van der Waals surface area contributed by atoms with E-state index >= 15 is 0 Å². The van der Waals surface area contributed by atoms with E-state index in [9.17, 15) is 13.2 Å². The number of rotatable bonds is 9. The van der Waals surface area contributed by atoms with Crippen molar-refractivity contribution in [2.24, 2.45) is 0 Å². The lowest BCUT2D eigenvalue weighted by atomic mass is 10.0. The number of benzene rings is 2. The molecular formula is C24H29NO4S. The molecule has 3 rings (SSSR count). The second kappa shape index (κ2) is 9.14. The zero-order chi connectivity index (χ0) is 21.8. The van der Waals surface area contributed by atoms with Gasteiger partial charge in [-0.15, -0.1) is 0 Å². The van der Waals surface area contributed by atoms with Gasteiger partial charge in [0.15, 0.2) is 0 Å². The number of ether oxygens (including phenoxy) is 1. The van der Waals surface area contributed by atoms with Crippen molar-refractivity contribution in [2.45, 2.75) is 56.6 Å². The van der Waals surface area contributed by atoms with Gasteiger partial charge in [0.2, 0.25) is 5.72 Å². The average molecular weight is 428 g/mol. The highest BCUT2D eigenvalue weighted by Gasteiger charge is 2.53. The van der Waals surface area contributed by atoms with Crippen LogP contribution in [0.3, 0.4) is 0 Å². The van der Waals surface area contributed by atoms with Crippen LogP contribution in [0, 0.1) is 6.92 Å². The van der Waals surface area contributed by atoms with Crippen LogP contribution in [0.15, 0.2) is 71.1 Å². The first-order chi connectivity index (χ1) is 14.4. The normalized spacial score (nSPS) is 19.2. The van der Waals surface area contributed by atoms with Gasteiger partial charge in [-0.2, -0.15) is 4.31 Å². The fourth-order valence-electron chi connectivity index (χ4n) is 3.80. The van der Waals surface area contributed by atoms with E-state index in [0.29, 0.717) is 17.6 Å². The van der Waals surface area contributed by atoms with Crippen LogP contribution in [0.5, 0.6) is 0 Å². The number of unbranched alkanes of at least 4 members (excludes halogenated alkanes) is 3. The van der Waals surface area contributed by atoms with Crippen molar-refractivity contribution >= 4 is 15.9 Å². The minimum Gasteiger partial charge on any atom is -0.350 e. The van der Waals surface area contributed by atoms with Crippen LogP contribution < -0.4 is 0 Å². The van der Waals surface area contributed by atoms with E-state index in [1.54, 1.807) is 30.3 Å². The molecule has 160 valence electrons. The first kappa shape index (κ1) is 22.2. The van der Waals surface area contributed by atoms with Crippen LogP contribution in [-0.2, 0) is 25.3 Å². The Morgan fingerprint density at radius 3 is 2.23 bits per heavy atom. The van der Waals surface area contributed by atoms with E-state index in [0.717, 1.165) is 35.6 Å². The minimum atomic E-state index is -4.13. The molecule has 0 saturated carbocycles. The smallest absolute Gasteiger partial charge is 0.269 e. The molecule has 1 unspecified atom stereocenters. The Morgan fingerprint density at radius 1 is 0.967 bits per heavy atom. The molecule has 1 heterocycles. The van der Waals surface area contributed by atoms with E-state index < -0.39 is 21.7 Å². The summed E-state index contributed by atoms with van der Waals surface area (Å²) in [6, 6.07) is 15.5. The number of sulfonamides is 1. The van der Waals surface area contributed by atoms with Crippen molar-refractivity contribution in [3.63, 3.8) is 0 Å². The molecule has 0 bridgehead atoms. The third kappa shape index (κ3) is 4.07. The molecule has 0 aromatic heterocycles. The summed E-state index contributed by atoms with van der Waals surface area (Å²) in [6.07, 6.45) is 6.21. The van der Waals surface area contributed by atoms with Crippen LogP contribution >= 0.6 is 0 Å². The van der Waals surface area contributed by atoms with Gasteiger partial charge in [-0.25, -0.2) is 8.42 Å². The molecule has 0 aliphatic carbocycles. The summed E-state index contributed by atoms with van der Waals surface area (Å²) < 4.78 is 34.0. The molecule has 0 saturated heterocycles. The maximum atomic E-state index is 13.6. The Hall–Kier alpha value is -2.44. The van der Waals surface area contributed by atoms with Crippen LogP contribution in [-0.4, -0.2) is 25.7 Å². The monoisotopic (exact) mass is 427 g/mol. The quantitative estimate of drug-likeness (QED) is 0.533.